The molecular formula is C14H26F3IN4O2S. The van der Waals surface area contributed by atoms with Gasteiger partial charge >= 0.3 is 6.18 Å². The summed E-state index contributed by atoms with van der Waals surface area (Å²) < 4.78 is 60.7. The summed E-state index contributed by atoms with van der Waals surface area (Å²) >= 11 is 0. The van der Waals surface area contributed by atoms with Gasteiger partial charge < -0.3 is 10.2 Å². The van der Waals surface area contributed by atoms with Crippen LogP contribution in [0.5, 0.6) is 0 Å². The van der Waals surface area contributed by atoms with Crippen LogP contribution >= 0.6 is 24.0 Å². The van der Waals surface area contributed by atoms with Gasteiger partial charge in [-0.25, -0.2) is 8.42 Å². The van der Waals surface area contributed by atoms with Gasteiger partial charge in [-0.1, -0.05) is 0 Å². The molecule has 2 fully saturated rings. The maximum atomic E-state index is 12.5. The van der Waals surface area contributed by atoms with Crippen LogP contribution in [-0.2, 0) is 9.84 Å². The van der Waals surface area contributed by atoms with Crippen molar-refractivity contribution in [3.8, 4) is 0 Å². The monoisotopic (exact) mass is 498 g/mol. The van der Waals surface area contributed by atoms with E-state index in [2.05, 4.69) is 10.3 Å². The molecule has 2 saturated heterocycles. The predicted molar refractivity (Wildman–Crippen MR) is 102 cm³/mol. The van der Waals surface area contributed by atoms with E-state index in [-0.39, 0.29) is 35.8 Å². The van der Waals surface area contributed by atoms with E-state index in [0.29, 0.717) is 38.6 Å². The van der Waals surface area contributed by atoms with Gasteiger partial charge in [0.1, 0.15) is 0 Å². The molecular weight excluding hydrogens is 472 g/mol. The van der Waals surface area contributed by atoms with E-state index < -0.39 is 27.3 Å². The fourth-order valence-corrected chi connectivity index (χ4v) is 4.52. The molecule has 0 bridgehead atoms. The highest BCUT2D eigenvalue weighted by molar-refractivity contribution is 14.0. The van der Waals surface area contributed by atoms with Gasteiger partial charge in [-0.15, -0.1) is 24.0 Å². The number of alkyl halides is 3. The Morgan fingerprint density at radius 1 is 1.32 bits per heavy atom. The molecule has 0 radical (unpaired) electrons. The number of hydrogen-bond donors (Lipinski definition) is 1. The molecule has 2 heterocycles. The first-order chi connectivity index (χ1) is 10.9. The highest BCUT2D eigenvalue weighted by Gasteiger charge is 2.41. The summed E-state index contributed by atoms with van der Waals surface area (Å²) in [6.45, 7) is 3.80. The SMILES string of the molecule is CN=C(NC1CCN(CC(F)(F)F)C1)N1CCS(=O)(=O)C(C)(C)C1.I. The molecule has 2 aliphatic rings. The second-order valence-electron chi connectivity index (χ2n) is 7.03. The molecule has 1 N–H and O–H groups in total. The van der Waals surface area contributed by atoms with Crippen LogP contribution in [0.2, 0.25) is 0 Å². The number of likely N-dealkylation sites (tertiary alicyclic amines) is 1. The van der Waals surface area contributed by atoms with Crippen LogP contribution in [0.1, 0.15) is 20.3 Å². The number of aliphatic imine (C=N–C) groups is 1. The molecule has 0 aromatic rings. The van der Waals surface area contributed by atoms with Crippen LogP contribution in [0, 0.1) is 0 Å². The highest BCUT2D eigenvalue weighted by Crippen LogP contribution is 2.24. The molecule has 0 aromatic carbocycles. The molecule has 0 aromatic heterocycles. The largest absolute Gasteiger partial charge is 0.401 e. The van der Waals surface area contributed by atoms with Crippen LogP contribution in [0.3, 0.4) is 0 Å². The van der Waals surface area contributed by atoms with Gasteiger partial charge in [-0.05, 0) is 20.3 Å². The average Bonchev–Trinajstić information content (AvgIpc) is 2.84. The van der Waals surface area contributed by atoms with Gasteiger partial charge in [0.2, 0.25) is 0 Å². The van der Waals surface area contributed by atoms with Gasteiger partial charge in [0.25, 0.3) is 0 Å². The second-order valence-corrected chi connectivity index (χ2v) is 9.77. The van der Waals surface area contributed by atoms with Crippen molar-refractivity contribution in [2.24, 2.45) is 4.99 Å². The van der Waals surface area contributed by atoms with Gasteiger partial charge in [0, 0.05) is 39.3 Å². The molecule has 0 saturated carbocycles. The van der Waals surface area contributed by atoms with Crippen LogP contribution in [0.15, 0.2) is 4.99 Å². The van der Waals surface area contributed by atoms with Crippen molar-refractivity contribution in [2.45, 2.75) is 37.2 Å². The predicted octanol–water partition coefficient (Wildman–Crippen LogP) is 1.33. The first-order valence-corrected chi connectivity index (χ1v) is 9.58. The summed E-state index contributed by atoms with van der Waals surface area (Å²) in [5, 5.41) is 3.19. The fraction of sp³-hybridized carbons (Fsp3) is 0.929. The minimum Gasteiger partial charge on any atom is -0.352 e. The quantitative estimate of drug-likeness (QED) is 0.354. The smallest absolute Gasteiger partial charge is 0.352 e. The van der Waals surface area contributed by atoms with E-state index in [9.17, 15) is 21.6 Å². The molecule has 1 atom stereocenters. The maximum Gasteiger partial charge on any atom is 0.401 e. The summed E-state index contributed by atoms with van der Waals surface area (Å²) in [6, 6.07) is -0.118. The number of hydrogen-bond acceptors (Lipinski definition) is 4. The number of sulfone groups is 1. The normalized spacial score (nSPS) is 27.0. The third kappa shape index (κ3) is 5.84. The molecule has 2 aliphatic heterocycles. The van der Waals surface area contributed by atoms with Crippen molar-refractivity contribution in [1.29, 1.82) is 0 Å². The summed E-state index contributed by atoms with van der Waals surface area (Å²) in [5.74, 6) is 0.600. The van der Waals surface area contributed by atoms with Gasteiger partial charge in [0.15, 0.2) is 15.8 Å². The minimum atomic E-state index is -4.19. The van der Waals surface area contributed by atoms with E-state index in [1.54, 1.807) is 20.9 Å². The molecule has 1 unspecified atom stereocenters. The summed E-state index contributed by atoms with van der Waals surface area (Å²) in [6.07, 6.45) is -3.59. The Labute approximate surface area is 164 Å². The van der Waals surface area contributed by atoms with E-state index in [0.717, 1.165) is 0 Å². The Bertz CT molecular complexity index is 595. The molecule has 148 valence electrons. The number of nitrogens with one attached hydrogen (secondary N) is 1. The molecule has 25 heavy (non-hydrogen) atoms. The summed E-state index contributed by atoms with van der Waals surface area (Å²) in [4.78, 5) is 7.42. The number of guanidine groups is 1. The first-order valence-electron chi connectivity index (χ1n) is 7.93. The lowest BCUT2D eigenvalue weighted by molar-refractivity contribution is -0.143. The van der Waals surface area contributed by atoms with Crippen LogP contribution in [0.25, 0.3) is 0 Å². The van der Waals surface area contributed by atoms with Crippen molar-refractivity contribution < 1.29 is 21.6 Å². The van der Waals surface area contributed by atoms with Crippen LogP contribution in [0.4, 0.5) is 13.2 Å². The lowest BCUT2D eigenvalue weighted by Gasteiger charge is -2.39. The molecule has 11 heteroatoms. The Morgan fingerprint density at radius 3 is 2.48 bits per heavy atom. The zero-order valence-electron chi connectivity index (χ0n) is 14.6. The highest BCUT2D eigenvalue weighted by atomic mass is 127. The maximum absolute atomic E-state index is 12.5. The number of nitrogens with zero attached hydrogens (tertiary/aromatic N) is 3. The lowest BCUT2D eigenvalue weighted by atomic mass is 10.2. The zero-order chi connectivity index (χ0) is 18.2. The molecule has 6 nitrogen and oxygen atoms in total. The number of halogens is 4. The third-order valence-electron chi connectivity index (χ3n) is 4.56. The van der Waals surface area contributed by atoms with Gasteiger partial charge in [-0.2, -0.15) is 13.2 Å². The second kappa shape index (κ2) is 8.15. The lowest BCUT2D eigenvalue weighted by Crippen LogP contribution is -2.58. The molecule has 0 amide bonds. The van der Waals surface area contributed by atoms with Crippen molar-refractivity contribution >= 4 is 39.8 Å². The minimum absolute atomic E-state index is 0. The van der Waals surface area contributed by atoms with Gasteiger partial charge in [0.05, 0.1) is 17.0 Å². The van der Waals surface area contributed by atoms with Crippen molar-refractivity contribution in [2.75, 3.05) is 45.5 Å². The van der Waals surface area contributed by atoms with Gasteiger partial charge in [-0.3, -0.25) is 9.89 Å². The topological polar surface area (TPSA) is 65.0 Å². The molecule has 2 rings (SSSR count). The van der Waals surface area contributed by atoms with Crippen LogP contribution < -0.4 is 5.32 Å². The van der Waals surface area contributed by atoms with E-state index in [4.69, 9.17) is 0 Å². The van der Waals surface area contributed by atoms with E-state index >= 15 is 0 Å². The molecule has 0 spiro atoms. The molecule has 0 aliphatic carbocycles. The van der Waals surface area contributed by atoms with Crippen molar-refractivity contribution in [3.05, 3.63) is 0 Å². The van der Waals surface area contributed by atoms with E-state index in [1.165, 1.54) is 4.90 Å². The van der Waals surface area contributed by atoms with Crippen molar-refractivity contribution in [1.82, 2.24) is 15.1 Å². The standard InChI is InChI=1S/C14H25F3N4O2S.HI/c1-13(2)9-21(6-7-24(13,22)23)12(18-3)19-11-4-5-20(8-11)10-14(15,16)17;/h11H,4-10H2,1-3H3,(H,18,19);1H. The Morgan fingerprint density at radius 2 is 1.96 bits per heavy atom. The van der Waals surface area contributed by atoms with Crippen molar-refractivity contribution in [3.63, 3.8) is 0 Å². The zero-order valence-corrected chi connectivity index (χ0v) is 17.8. The Hall–Kier alpha value is -0.300. The summed E-state index contributed by atoms with van der Waals surface area (Å²) in [7, 11) is -1.55. The fourth-order valence-electron chi connectivity index (χ4n) is 3.15. The Balaban J connectivity index is 0.00000312. The van der Waals surface area contributed by atoms with E-state index in [1.807, 2.05) is 4.90 Å². The average molecular weight is 498 g/mol. The summed E-state index contributed by atoms with van der Waals surface area (Å²) in [5.41, 5.74) is 0. The van der Waals surface area contributed by atoms with Crippen LogP contribution in [-0.4, -0.2) is 86.7 Å². The number of rotatable bonds is 2. The Kier molecular flexibility index (Phi) is 7.42. The first kappa shape index (κ1) is 22.7. The third-order valence-corrected chi connectivity index (χ3v) is 7.10.